The molecule has 0 radical (unpaired) electrons. The van der Waals surface area contributed by atoms with E-state index in [0.717, 1.165) is 29.3 Å². The zero-order valence-corrected chi connectivity index (χ0v) is 19.0. The second-order valence-electron chi connectivity index (χ2n) is 7.59. The third kappa shape index (κ3) is 4.97. The first-order chi connectivity index (χ1) is 15.0. The molecule has 7 nitrogen and oxygen atoms in total. The third-order valence-corrected chi connectivity index (χ3v) is 6.35. The number of esters is 1. The van der Waals surface area contributed by atoms with E-state index in [0.29, 0.717) is 22.9 Å². The quantitative estimate of drug-likeness (QED) is 0.469. The summed E-state index contributed by atoms with van der Waals surface area (Å²) >= 11 is 7.56. The number of amidine groups is 1. The number of methoxy groups -OCH3 is 1. The van der Waals surface area contributed by atoms with Gasteiger partial charge in [0.25, 0.3) is 0 Å². The highest BCUT2D eigenvalue weighted by atomic mass is 35.5. The van der Waals surface area contributed by atoms with Crippen LogP contribution in [0.15, 0.2) is 51.6 Å². The number of aliphatic imine (C=N–C) groups is 1. The summed E-state index contributed by atoms with van der Waals surface area (Å²) < 4.78 is 10.4. The number of amides is 1. The van der Waals surface area contributed by atoms with Gasteiger partial charge in [-0.1, -0.05) is 35.5 Å². The molecule has 4 rings (SSSR count). The predicted octanol–water partition coefficient (Wildman–Crippen LogP) is 3.77. The number of thioether (sulfide) groups is 1. The number of allylic oxidation sites excluding steroid dienone is 1. The van der Waals surface area contributed by atoms with E-state index in [2.05, 4.69) is 10.3 Å². The molecule has 2 heterocycles. The normalized spacial score (nSPS) is 20.2. The first kappa shape index (κ1) is 21.9. The summed E-state index contributed by atoms with van der Waals surface area (Å²) in [6.07, 6.45) is 2.28. The van der Waals surface area contributed by atoms with E-state index in [1.54, 1.807) is 26.2 Å². The Morgan fingerprint density at radius 2 is 2.00 bits per heavy atom. The van der Waals surface area contributed by atoms with Gasteiger partial charge in [0, 0.05) is 23.9 Å². The second kappa shape index (κ2) is 9.46. The summed E-state index contributed by atoms with van der Waals surface area (Å²) in [5.41, 5.74) is 2.71. The number of benzene rings is 1. The van der Waals surface area contributed by atoms with E-state index < -0.39 is 12.0 Å². The highest BCUT2D eigenvalue weighted by molar-refractivity contribution is 8.16. The van der Waals surface area contributed by atoms with Crippen molar-refractivity contribution < 1.29 is 19.1 Å². The molecule has 1 unspecified atom stereocenters. The first-order valence-corrected chi connectivity index (χ1v) is 11.4. The van der Waals surface area contributed by atoms with E-state index in [1.807, 2.05) is 22.4 Å². The number of carbonyl (C=O) groups excluding carboxylic acids is 2. The van der Waals surface area contributed by atoms with E-state index in [1.165, 1.54) is 11.8 Å². The van der Waals surface area contributed by atoms with Crippen molar-refractivity contribution in [2.24, 2.45) is 4.99 Å². The van der Waals surface area contributed by atoms with Gasteiger partial charge in [-0.2, -0.15) is 0 Å². The lowest BCUT2D eigenvalue weighted by Gasteiger charge is -2.36. The number of carbonyl (C=O) groups is 2. The molecule has 9 heteroatoms. The van der Waals surface area contributed by atoms with Crippen molar-refractivity contribution >= 4 is 40.4 Å². The van der Waals surface area contributed by atoms with Crippen LogP contribution in [0.25, 0.3) is 0 Å². The summed E-state index contributed by atoms with van der Waals surface area (Å²) in [4.78, 5) is 32.1. The Balaban J connectivity index is 1.66. The molecule has 1 fully saturated rings. The van der Waals surface area contributed by atoms with E-state index in [-0.39, 0.29) is 25.0 Å². The SMILES string of the molecule is COCCOC(=O)C1=C(C)N=C2SC=C(CC(=O)NC3CC3)N2C1c1ccc(Cl)cc1. The molecule has 1 aliphatic carbocycles. The number of rotatable bonds is 8. The van der Waals surface area contributed by atoms with Crippen molar-refractivity contribution in [2.45, 2.75) is 38.3 Å². The molecule has 0 saturated heterocycles. The number of hydrogen-bond acceptors (Lipinski definition) is 7. The average Bonchev–Trinajstić information content (AvgIpc) is 3.47. The summed E-state index contributed by atoms with van der Waals surface area (Å²) in [7, 11) is 1.55. The zero-order valence-electron chi connectivity index (χ0n) is 17.4. The first-order valence-electron chi connectivity index (χ1n) is 10.1. The minimum atomic E-state index is -0.463. The lowest BCUT2D eigenvalue weighted by atomic mass is 9.94. The lowest BCUT2D eigenvalue weighted by molar-refractivity contribution is -0.141. The van der Waals surface area contributed by atoms with Gasteiger partial charge >= 0.3 is 5.97 Å². The maximum absolute atomic E-state index is 13.0. The Morgan fingerprint density at radius 1 is 1.26 bits per heavy atom. The van der Waals surface area contributed by atoms with Crippen LogP contribution in [-0.4, -0.2) is 48.3 Å². The fourth-order valence-corrected chi connectivity index (χ4v) is 4.65. The van der Waals surface area contributed by atoms with Crippen LogP contribution in [0.5, 0.6) is 0 Å². The largest absolute Gasteiger partial charge is 0.460 e. The fraction of sp³-hybridized carbons (Fsp3) is 0.409. The molecule has 1 N–H and O–H groups in total. The Labute approximate surface area is 190 Å². The fourth-order valence-electron chi connectivity index (χ4n) is 3.56. The molecule has 0 bridgehead atoms. The summed E-state index contributed by atoms with van der Waals surface area (Å²) in [5.74, 6) is -0.475. The van der Waals surface area contributed by atoms with Gasteiger partial charge in [-0.15, -0.1) is 0 Å². The van der Waals surface area contributed by atoms with Gasteiger partial charge in [0.2, 0.25) is 5.91 Å². The number of nitrogens with zero attached hydrogens (tertiary/aromatic N) is 2. The van der Waals surface area contributed by atoms with Crippen molar-refractivity contribution in [1.82, 2.24) is 10.2 Å². The molecular weight excluding hydrogens is 438 g/mol. The monoisotopic (exact) mass is 461 g/mol. The Kier molecular flexibility index (Phi) is 6.69. The van der Waals surface area contributed by atoms with E-state index in [4.69, 9.17) is 21.1 Å². The second-order valence-corrected chi connectivity index (χ2v) is 8.86. The van der Waals surface area contributed by atoms with Crippen molar-refractivity contribution in [2.75, 3.05) is 20.3 Å². The van der Waals surface area contributed by atoms with Crippen LogP contribution in [-0.2, 0) is 19.1 Å². The van der Waals surface area contributed by atoms with Crippen LogP contribution in [0.3, 0.4) is 0 Å². The minimum absolute atomic E-state index is 0.0269. The van der Waals surface area contributed by atoms with Crippen LogP contribution in [0.1, 0.15) is 37.8 Å². The van der Waals surface area contributed by atoms with Crippen molar-refractivity contribution in [3.63, 3.8) is 0 Å². The standard InChI is InChI=1S/C22H24ClN3O4S/c1-13-19(21(28)30-10-9-29-2)20(14-3-5-15(23)6-4-14)26-17(12-31-22(26)24-13)11-18(27)25-16-7-8-16/h3-6,12,16,20H,7-11H2,1-2H3,(H,25,27). The number of hydrogen-bond donors (Lipinski definition) is 1. The van der Waals surface area contributed by atoms with Gasteiger partial charge in [-0.05, 0) is 42.9 Å². The molecule has 1 amide bonds. The van der Waals surface area contributed by atoms with Crippen LogP contribution < -0.4 is 5.32 Å². The maximum atomic E-state index is 13.0. The number of ether oxygens (including phenoxy) is 2. The number of halogens is 1. The Hall–Kier alpha value is -2.29. The Bertz CT molecular complexity index is 969. The molecule has 1 saturated carbocycles. The molecule has 31 heavy (non-hydrogen) atoms. The van der Waals surface area contributed by atoms with E-state index >= 15 is 0 Å². The number of nitrogens with one attached hydrogen (secondary N) is 1. The molecule has 3 aliphatic rings. The smallest absolute Gasteiger partial charge is 0.338 e. The van der Waals surface area contributed by atoms with Gasteiger partial charge in [0.1, 0.15) is 6.61 Å². The predicted molar refractivity (Wildman–Crippen MR) is 120 cm³/mol. The van der Waals surface area contributed by atoms with Crippen LogP contribution in [0.2, 0.25) is 5.02 Å². The van der Waals surface area contributed by atoms with Crippen molar-refractivity contribution in [3.8, 4) is 0 Å². The van der Waals surface area contributed by atoms with Gasteiger partial charge in [-0.3, -0.25) is 4.79 Å². The average molecular weight is 462 g/mol. The topological polar surface area (TPSA) is 80.2 Å². The zero-order chi connectivity index (χ0) is 22.0. The molecule has 0 spiro atoms. The third-order valence-electron chi connectivity index (χ3n) is 5.21. The summed E-state index contributed by atoms with van der Waals surface area (Å²) in [6.45, 7) is 2.26. The summed E-state index contributed by atoms with van der Waals surface area (Å²) in [6, 6.07) is 7.18. The molecule has 0 aromatic heterocycles. The Morgan fingerprint density at radius 3 is 2.68 bits per heavy atom. The molecule has 1 atom stereocenters. The van der Waals surface area contributed by atoms with Crippen molar-refractivity contribution in [3.05, 3.63) is 57.2 Å². The molecule has 2 aliphatic heterocycles. The van der Waals surface area contributed by atoms with Gasteiger partial charge < -0.3 is 19.7 Å². The lowest BCUT2D eigenvalue weighted by Crippen LogP contribution is -2.38. The molecule has 1 aromatic carbocycles. The van der Waals surface area contributed by atoms with Gasteiger partial charge in [0.15, 0.2) is 5.17 Å². The van der Waals surface area contributed by atoms with Gasteiger partial charge in [-0.25, -0.2) is 9.79 Å². The number of fused-ring (bicyclic) bond motifs is 1. The van der Waals surface area contributed by atoms with E-state index in [9.17, 15) is 9.59 Å². The maximum Gasteiger partial charge on any atom is 0.338 e. The van der Waals surface area contributed by atoms with Crippen LogP contribution in [0.4, 0.5) is 0 Å². The van der Waals surface area contributed by atoms with Crippen LogP contribution >= 0.6 is 23.4 Å². The highest BCUT2D eigenvalue weighted by Gasteiger charge is 2.41. The molecular formula is C22H24ClN3O4S. The molecule has 164 valence electrons. The summed E-state index contributed by atoms with van der Waals surface area (Å²) in [5, 5.41) is 6.30. The highest BCUT2D eigenvalue weighted by Crippen LogP contribution is 2.45. The van der Waals surface area contributed by atoms with Gasteiger partial charge in [0.05, 0.1) is 30.3 Å². The van der Waals surface area contributed by atoms with Crippen molar-refractivity contribution in [1.29, 1.82) is 0 Å². The van der Waals surface area contributed by atoms with Crippen LogP contribution in [0, 0.1) is 0 Å². The minimum Gasteiger partial charge on any atom is -0.460 e. The molecule has 1 aromatic rings.